The van der Waals surface area contributed by atoms with Crippen molar-refractivity contribution in [3.05, 3.63) is 35.9 Å². The number of hydrogen-bond donors (Lipinski definition) is 0. The first-order chi connectivity index (χ1) is 7.56. The van der Waals surface area contributed by atoms with Gasteiger partial charge in [0.2, 0.25) is 0 Å². The van der Waals surface area contributed by atoms with Crippen molar-refractivity contribution in [2.75, 3.05) is 19.5 Å². The van der Waals surface area contributed by atoms with Crippen LogP contribution in [0, 0.1) is 0 Å². The van der Waals surface area contributed by atoms with Crippen LogP contribution in [0.5, 0.6) is 0 Å². The van der Waals surface area contributed by atoms with Crippen molar-refractivity contribution in [2.24, 2.45) is 0 Å². The molecule has 1 saturated heterocycles. The summed E-state index contributed by atoms with van der Waals surface area (Å²) in [6, 6.07) is 9.47. The molecule has 0 spiro atoms. The third-order valence-corrected chi connectivity index (χ3v) is 5.37. The lowest BCUT2D eigenvalue weighted by Crippen LogP contribution is -2.40. The number of benzene rings is 1. The van der Waals surface area contributed by atoms with Crippen LogP contribution >= 0.6 is 0 Å². The average Bonchev–Trinajstić information content (AvgIpc) is 2.30. The molecule has 0 unspecified atom stereocenters. The molecule has 0 atom stereocenters. The Kier molecular flexibility index (Phi) is 3.04. The first-order valence-electron chi connectivity index (χ1n) is 5.39. The zero-order valence-electron chi connectivity index (χ0n) is 9.35. The molecule has 3 nitrogen and oxygen atoms in total. The summed E-state index contributed by atoms with van der Waals surface area (Å²) in [6.45, 7) is 1.03. The van der Waals surface area contributed by atoms with Gasteiger partial charge < -0.3 is 4.74 Å². The highest BCUT2D eigenvalue weighted by molar-refractivity contribution is 7.91. The lowest BCUT2D eigenvalue weighted by Gasteiger charge is -2.35. The van der Waals surface area contributed by atoms with Crippen LogP contribution in [0.2, 0.25) is 0 Å². The number of ether oxygens (including phenoxy) is 1. The highest BCUT2D eigenvalue weighted by Gasteiger charge is 2.43. The fourth-order valence-electron chi connectivity index (χ4n) is 2.32. The summed E-state index contributed by atoms with van der Waals surface area (Å²) in [4.78, 5) is 0. The first kappa shape index (κ1) is 11.6. The Morgan fingerprint density at radius 3 is 2.19 bits per heavy atom. The van der Waals surface area contributed by atoms with Crippen LogP contribution < -0.4 is 0 Å². The van der Waals surface area contributed by atoms with Crippen LogP contribution in [0.15, 0.2) is 30.3 Å². The molecule has 4 heteroatoms. The van der Waals surface area contributed by atoms with Crippen LogP contribution in [0.4, 0.5) is 0 Å². The van der Waals surface area contributed by atoms with Crippen LogP contribution in [0.1, 0.15) is 18.4 Å². The van der Waals surface area contributed by atoms with Crippen LogP contribution in [0.3, 0.4) is 0 Å². The van der Waals surface area contributed by atoms with Gasteiger partial charge in [-0.15, -0.1) is 0 Å². The van der Waals surface area contributed by atoms with Gasteiger partial charge in [0.1, 0.15) is 4.75 Å². The van der Waals surface area contributed by atoms with Gasteiger partial charge in [-0.05, 0) is 18.4 Å². The maximum atomic E-state index is 12.1. The van der Waals surface area contributed by atoms with Crippen LogP contribution in [0.25, 0.3) is 0 Å². The fourth-order valence-corrected chi connectivity index (χ4v) is 3.79. The topological polar surface area (TPSA) is 43.4 Å². The van der Waals surface area contributed by atoms with Gasteiger partial charge in [-0.1, -0.05) is 30.3 Å². The van der Waals surface area contributed by atoms with E-state index in [0.717, 1.165) is 5.56 Å². The Hall–Kier alpha value is -0.870. The summed E-state index contributed by atoms with van der Waals surface area (Å²) >= 11 is 0. The third-order valence-electron chi connectivity index (χ3n) is 3.31. The highest BCUT2D eigenvalue weighted by atomic mass is 32.2. The fraction of sp³-hybridized carbons (Fsp3) is 0.500. The molecule has 1 aromatic carbocycles. The zero-order valence-corrected chi connectivity index (χ0v) is 10.2. The van der Waals surface area contributed by atoms with Gasteiger partial charge >= 0.3 is 0 Å². The third kappa shape index (κ3) is 1.87. The largest absolute Gasteiger partial charge is 0.381 e. The second kappa shape index (κ2) is 4.18. The molecular formula is C12H16O3S. The summed E-state index contributed by atoms with van der Waals surface area (Å²) in [5.74, 6) is 0. The predicted octanol–water partition coefficient (Wildman–Crippen LogP) is 1.74. The van der Waals surface area contributed by atoms with Gasteiger partial charge in [-0.25, -0.2) is 8.42 Å². The minimum Gasteiger partial charge on any atom is -0.381 e. The van der Waals surface area contributed by atoms with E-state index in [9.17, 15) is 8.42 Å². The average molecular weight is 240 g/mol. The Bertz CT molecular complexity index is 444. The summed E-state index contributed by atoms with van der Waals surface area (Å²) in [5, 5.41) is 0. The molecule has 88 valence electrons. The SMILES string of the molecule is CS(=O)(=O)C1(c2ccccc2)CCOCC1. The standard InChI is InChI=1S/C12H16O3S/c1-16(13,14)12(7-9-15-10-8-12)11-5-3-2-4-6-11/h2-6H,7-10H2,1H3. The molecule has 0 amide bonds. The van der Waals surface area contributed by atoms with E-state index in [1.165, 1.54) is 6.26 Å². The van der Waals surface area contributed by atoms with Gasteiger partial charge in [0.05, 0.1) is 0 Å². The van der Waals surface area contributed by atoms with Crippen molar-refractivity contribution < 1.29 is 13.2 Å². The monoisotopic (exact) mass is 240 g/mol. The maximum Gasteiger partial charge on any atom is 0.157 e. The van der Waals surface area contributed by atoms with E-state index >= 15 is 0 Å². The summed E-state index contributed by atoms with van der Waals surface area (Å²) in [6.07, 6.45) is 2.43. The summed E-state index contributed by atoms with van der Waals surface area (Å²) < 4.78 is 28.6. The second-order valence-corrected chi connectivity index (χ2v) is 6.57. The minimum atomic E-state index is -3.12. The normalized spacial score (nSPS) is 20.6. The molecule has 0 saturated carbocycles. The van der Waals surface area contributed by atoms with E-state index in [4.69, 9.17) is 4.74 Å². The van der Waals surface area contributed by atoms with Crippen molar-refractivity contribution in [3.63, 3.8) is 0 Å². The lowest BCUT2D eigenvalue weighted by atomic mass is 9.90. The molecule has 16 heavy (non-hydrogen) atoms. The molecule has 0 aliphatic carbocycles. The van der Waals surface area contributed by atoms with Crippen LogP contribution in [-0.2, 0) is 19.3 Å². The van der Waals surface area contributed by atoms with Gasteiger partial charge in [-0.3, -0.25) is 0 Å². The van der Waals surface area contributed by atoms with Gasteiger partial charge in [-0.2, -0.15) is 0 Å². The van der Waals surface area contributed by atoms with Crippen molar-refractivity contribution in [1.82, 2.24) is 0 Å². The molecule has 0 aromatic heterocycles. The van der Waals surface area contributed by atoms with E-state index in [1.807, 2.05) is 30.3 Å². The predicted molar refractivity (Wildman–Crippen MR) is 63.0 cm³/mol. The lowest BCUT2D eigenvalue weighted by molar-refractivity contribution is 0.0742. The Morgan fingerprint density at radius 1 is 1.12 bits per heavy atom. The smallest absolute Gasteiger partial charge is 0.157 e. The summed E-state index contributed by atoms with van der Waals surface area (Å²) in [5.41, 5.74) is 0.890. The van der Waals surface area contributed by atoms with Crippen LogP contribution in [-0.4, -0.2) is 27.9 Å². The van der Waals surface area contributed by atoms with E-state index in [1.54, 1.807) is 0 Å². The molecule has 2 rings (SSSR count). The maximum absolute atomic E-state index is 12.1. The molecule has 1 fully saturated rings. The van der Waals surface area contributed by atoms with Gasteiger partial charge in [0.25, 0.3) is 0 Å². The number of hydrogen-bond acceptors (Lipinski definition) is 3. The molecule has 1 heterocycles. The molecule has 1 aliphatic heterocycles. The Balaban J connectivity index is 2.51. The molecule has 0 radical (unpaired) electrons. The molecule has 0 N–H and O–H groups in total. The van der Waals surface area contributed by atoms with Gasteiger partial charge in [0, 0.05) is 19.5 Å². The summed E-state index contributed by atoms with van der Waals surface area (Å²) in [7, 11) is -3.12. The Labute approximate surface area is 96.4 Å². The molecular weight excluding hydrogens is 224 g/mol. The highest BCUT2D eigenvalue weighted by Crippen LogP contribution is 2.39. The first-order valence-corrected chi connectivity index (χ1v) is 7.28. The second-order valence-electron chi connectivity index (χ2n) is 4.24. The van der Waals surface area contributed by atoms with E-state index in [2.05, 4.69) is 0 Å². The minimum absolute atomic E-state index is 0.516. The van der Waals surface area contributed by atoms with E-state index in [0.29, 0.717) is 26.1 Å². The molecule has 0 bridgehead atoms. The van der Waals surface area contributed by atoms with Gasteiger partial charge in [0.15, 0.2) is 9.84 Å². The Morgan fingerprint density at radius 2 is 1.69 bits per heavy atom. The quantitative estimate of drug-likeness (QED) is 0.791. The van der Waals surface area contributed by atoms with E-state index in [-0.39, 0.29) is 0 Å². The van der Waals surface area contributed by atoms with Crippen molar-refractivity contribution >= 4 is 9.84 Å². The van der Waals surface area contributed by atoms with Crippen molar-refractivity contribution in [3.8, 4) is 0 Å². The molecule has 1 aromatic rings. The van der Waals surface area contributed by atoms with E-state index < -0.39 is 14.6 Å². The zero-order chi connectivity index (χ0) is 11.6. The number of sulfone groups is 1. The molecule has 1 aliphatic rings. The number of rotatable bonds is 2. The van der Waals surface area contributed by atoms with Crippen molar-refractivity contribution in [1.29, 1.82) is 0 Å². The van der Waals surface area contributed by atoms with Crippen molar-refractivity contribution in [2.45, 2.75) is 17.6 Å².